The molecule has 1 aliphatic rings. The van der Waals surface area contributed by atoms with Gasteiger partial charge in [-0.1, -0.05) is 15.9 Å². The summed E-state index contributed by atoms with van der Waals surface area (Å²) in [6.45, 7) is 4.69. The Morgan fingerprint density at radius 2 is 2.33 bits per heavy atom. The van der Waals surface area contributed by atoms with Crippen LogP contribution >= 0.6 is 15.9 Å². The number of likely N-dealkylation sites (N-methyl/N-ethyl adjacent to an activating group) is 1. The number of ether oxygens (including phenoxy) is 2. The topological polar surface area (TPSA) is 38.8 Å². The molecule has 1 aromatic carbocycles. The number of esters is 1. The van der Waals surface area contributed by atoms with Crippen LogP contribution in [0.3, 0.4) is 0 Å². The SMILES string of the molecule is CCOC(=O)C1CN(C)c2cc(C)c(Br)cc2O1. The van der Waals surface area contributed by atoms with Gasteiger partial charge >= 0.3 is 5.97 Å². The van der Waals surface area contributed by atoms with Crippen LogP contribution in [-0.4, -0.2) is 32.3 Å². The van der Waals surface area contributed by atoms with Crippen LogP contribution in [0.4, 0.5) is 5.69 Å². The van der Waals surface area contributed by atoms with Gasteiger partial charge in [0.15, 0.2) is 0 Å². The lowest BCUT2D eigenvalue weighted by Gasteiger charge is -2.33. The zero-order valence-electron chi connectivity index (χ0n) is 10.7. The molecule has 1 aliphatic heterocycles. The molecule has 2 rings (SSSR count). The van der Waals surface area contributed by atoms with E-state index >= 15 is 0 Å². The van der Waals surface area contributed by atoms with Crippen molar-refractivity contribution in [1.82, 2.24) is 0 Å². The van der Waals surface area contributed by atoms with Gasteiger partial charge in [-0.15, -0.1) is 0 Å². The number of carbonyl (C=O) groups excluding carboxylic acids is 1. The van der Waals surface area contributed by atoms with Crippen molar-refractivity contribution in [3.05, 3.63) is 22.2 Å². The van der Waals surface area contributed by atoms with Crippen LogP contribution in [0, 0.1) is 6.92 Å². The third-order valence-electron chi connectivity index (χ3n) is 2.91. The predicted octanol–water partition coefficient (Wildman–Crippen LogP) is 2.52. The van der Waals surface area contributed by atoms with Crippen LogP contribution in [0.1, 0.15) is 12.5 Å². The molecule has 0 aliphatic carbocycles. The molecule has 1 aromatic rings. The van der Waals surface area contributed by atoms with Gasteiger partial charge in [0.25, 0.3) is 0 Å². The van der Waals surface area contributed by atoms with Crippen molar-refractivity contribution < 1.29 is 14.3 Å². The first kappa shape index (κ1) is 13.2. The molecule has 0 amide bonds. The van der Waals surface area contributed by atoms with E-state index in [-0.39, 0.29) is 5.97 Å². The molecule has 0 N–H and O–H groups in total. The van der Waals surface area contributed by atoms with Gasteiger partial charge in [-0.05, 0) is 31.5 Å². The van der Waals surface area contributed by atoms with Gasteiger partial charge in [-0.2, -0.15) is 0 Å². The van der Waals surface area contributed by atoms with E-state index in [1.165, 1.54) is 0 Å². The lowest BCUT2D eigenvalue weighted by Crippen LogP contribution is -2.43. The Kier molecular flexibility index (Phi) is 3.80. The second kappa shape index (κ2) is 5.18. The van der Waals surface area contributed by atoms with E-state index in [2.05, 4.69) is 15.9 Å². The highest BCUT2D eigenvalue weighted by Crippen LogP contribution is 2.37. The van der Waals surface area contributed by atoms with Crippen LogP contribution in [0.5, 0.6) is 5.75 Å². The minimum atomic E-state index is -0.558. The standard InChI is InChI=1S/C13H16BrNO3/c1-4-17-13(16)12-7-15(3)10-5-8(2)9(14)6-11(10)18-12/h5-6,12H,4,7H2,1-3H3. The molecule has 1 atom stereocenters. The first-order valence-electron chi connectivity index (χ1n) is 5.87. The average Bonchev–Trinajstić information content (AvgIpc) is 2.32. The van der Waals surface area contributed by atoms with Crippen LogP contribution < -0.4 is 9.64 Å². The molecular weight excluding hydrogens is 298 g/mol. The molecule has 0 saturated heterocycles. The molecule has 0 radical (unpaired) electrons. The van der Waals surface area contributed by atoms with Gasteiger partial charge in [-0.3, -0.25) is 0 Å². The zero-order chi connectivity index (χ0) is 13.3. The van der Waals surface area contributed by atoms with Crippen molar-refractivity contribution in [2.75, 3.05) is 25.1 Å². The summed E-state index contributed by atoms with van der Waals surface area (Å²) in [4.78, 5) is 13.7. The molecule has 1 heterocycles. The van der Waals surface area contributed by atoms with Gasteiger partial charge in [0.1, 0.15) is 5.75 Å². The molecule has 4 nitrogen and oxygen atoms in total. The highest BCUT2D eigenvalue weighted by atomic mass is 79.9. The monoisotopic (exact) mass is 313 g/mol. The minimum absolute atomic E-state index is 0.313. The van der Waals surface area contributed by atoms with Crippen molar-refractivity contribution in [2.45, 2.75) is 20.0 Å². The molecule has 1 unspecified atom stereocenters. The molecule has 98 valence electrons. The Bertz CT molecular complexity index is 476. The van der Waals surface area contributed by atoms with Crippen molar-refractivity contribution in [3.8, 4) is 5.75 Å². The largest absolute Gasteiger partial charge is 0.475 e. The number of fused-ring (bicyclic) bond motifs is 1. The van der Waals surface area contributed by atoms with Crippen molar-refractivity contribution >= 4 is 27.6 Å². The summed E-state index contributed by atoms with van der Waals surface area (Å²) in [7, 11) is 1.95. The maximum atomic E-state index is 11.7. The number of hydrogen-bond acceptors (Lipinski definition) is 4. The lowest BCUT2D eigenvalue weighted by atomic mass is 10.1. The number of hydrogen-bond donors (Lipinski definition) is 0. The first-order chi connectivity index (χ1) is 8.52. The van der Waals surface area contributed by atoms with Crippen LogP contribution in [0.25, 0.3) is 0 Å². The maximum absolute atomic E-state index is 11.7. The number of nitrogens with zero attached hydrogens (tertiary/aromatic N) is 1. The number of benzene rings is 1. The van der Waals surface area contributed by atoms with Crippen LogP contribution in [-0.2, 0) is 9.53 Å². The number of anilines is 1. The number of carbonyl (C=O) groups is 1. The summed E-state index contributed by atoms with van der Waals surface area (Å²) < 4.78 is 11.7. The summed E-state index contributed by atoms with van der Waals surface area (Å²) in [5.41, 5.74) is 2.13. The van der Waals surface area contributed by atoms with Gasteiger partial charge in [0, 0.05) is 11.5 Å². The highest BCUT2D eigenvalue weighted by Gasteiger charge is 2.30. The smallest absolute Gasteiger partial charge is 0.349 e. The number of rotatable bonds is 2. The molecule has 0 bridgehead atoms. The van der Waals surface area contributed by atoms with E-state index in [9.17, 15) is 4.79 Å². The lowest BCUT2D eigenvalue weighted by molar-refractivity contribution is -0.151. The molecule has 0 aromatic heterocycles. The zero-order valence-corrected chi connectivity index (χ0v) is 12.3. The van der Waals surface area contributed by atoms with E-state index in [0.29, 0.717) is 18.9 Å². The van der Waals surface area contributed by atoms with E-state index in [1.807, 2.05) is 31.0 Å². The quantitative estimate of drug-likeness (QED) is 0.786. The van der Waals surface area contributed by atoms with Crippen LogP contribution in [0.2, 0.25) is 0 Å². The second-order valence-corrected chi connectivity index (χ2v) is 5.16. The van der Waals surface area contributed by atoms with E-state index in [0.717, 1.165) is 15.7 Å². The fraction of sp³-hybridized carbons (Fsp3) is 0.462. The Balaban J connectivity index is 2.28. The Morgan fingerprint density at radius 1 is 1.61 bits per heavy atom. The van der Waals surface area contributed by atoms with Gasteiger partial charge in [-0.25, -0.2) is 4.79 Å². The van der Waals surface area contributed by atoms with E-state index in [1.54, 1.807) is 6.92 Å². The fourth-order valence-corrected chi connectivity index (χ4v) is 2.26. The third kappa shape index (κ3) is 2.46. The summed E-state index contributed by atoms with van der Waals surface area (Å²) in [5, 5.41) is 0. The van der Waals surface area contributed by atoms with Crippen molar-refractivity contribution in [1.29, 1.82) is 0 Å². The second-order valence-electron chi connectivity index (χ2n) is 4.31. The minimum Gasteiger partial charge on any atom is -0.475 e. The van der Waals surface area contributed by atoms with Gasteiger partial charge in [0.05, 0.1) is 18.8 Å². The Hall–Kier alpha value is -1.23. The van der Waals surface area contributed by atoms with E-state index in [4.69, 9.17) is 9.47 Å². The van der Waals surface area contributed by atoms with Gasteiger partial charge < -0.3 is 14.4 Å². The molecule has 0 spiro atoms. The normalized spacial score (nSPS) is 18.0. The van der Waals surface area contributed by atoms with E-state index < -0.39 is 6.10 Å². The number of halogens is 1. The Labute approximate surface area is 115 Å². The molecule has 5 heteroatoms. The summed E-state index contributed by atoms with van der Waals surface area (Å²) in [6, 6.07) is 3.94. The maximum Gasteiger partial charge on any atom is 0.349 e. The van der Waals surface area contributed by atoms with Gasteiger partial charge in [0.2, 0.25) is 6.10 Å². The van der Waals surface area contributed by atoms with Crippen LogP contribution in [0.15, 0.2) is 16.6 Å². The molecular formula is C13H16BrNO3. The fourth-order valence-electron chi connectivity index (χ4n) is 1.94. The van der Waals surface area contributed by atoms with Crippen molar-refractivity contribution in [3.63, 3.8) is 0 Å². The molecule has 0 saturated carbocycles. The third-order valence-corrected chi connectivity index (χ3v) is 3.76. The molecule has 0 fully saturated rings. The summed E-state index contributed by atoms with van der Waals surface area (Å²) in [6.07, 6.45) is -0.558. The summed E-state index contributed by atoms with van der Waals surface area (Å²) >= 11 is 3.47. The first-order valence-corrected chi connectivity index (χ1v) is 6.66. The molecule has 18 heavy (non-hydrogen) atoms. The Morgan fingerprint density at radius 3 is 3.00 bits per heavy atom. The average molecular weight is 314 g/mol. The predicted molar refractivity (Wildman–Crippen MR) is 73.2 cm³/mol. The highest BCUT2D eigenvalue weighted by molar-refractivity contribution is 9.10. The van der Waals surface area contributed by atoms with Crippen molar-refractivity contribution in [2.24, 2.45) is 0 Å². The number of aryl methyl sites for hydroxylation is 1. The summed E-state index contributed by atoms with van der Waals surface area (Å²) in [5.74, 6) is 0.394.